The number of benzene rings is 3. The Bertz CT molecular complexity index is 1260. The lowest BCUT2D eigenvalue weighted by atomic mass is 9.99. The van der Waals surface area contributed by atoms with Gasteiger partial charge in [0, 0.05) is 16.9 Å². The second-order valence-electron chi connectivity index (χ2n) is 8.85. The smallest absolute Gasteiger partial charge is 0.307 e. The van der Waals surface area contributed by atoms with Crippen LogP contribution in [0.2, 0.25) is 0 Å². The lowest BCUT2D eigenvalue weighted by Crippen LogP contribution is -1.98. The minimum atomic E-state index is -0.693. The predicted molar refractivity (Wildman–Crippen MR) is 137 cm³/mol. The Balaban J connectivity index is 1.23. The van der Waals surface area contributed by atoms with Crippen LogP contribution in [0.3, 0.4) is 0 Å². The molecule has 0 bridgehead atoms. The van der Waals surface area contributed by atoms with Gasteiger partial charge in [-0.2, -0.15) is 11.8 Å². The number of thioether (sulfide) groups is 1. The number of hydrogen-bond donors (Lipinski definition) is 1. The van der Waals surface area contributed by atoms with E-state index in [1.807, 2.05) is 24.8 Å². The van der Waals surface area contributed by atoms with Crippen LogP contribution >= 0.6 is 11.8 Å². The molecule has 2 unspecified atom stereocenters. The third-order valence-electron chi connectivity index (χ3n) is 6.54. The van der Waals surface area contributed by atoms with Crippen LogP contribution in [0.1, 0.15) is 34.7 Å². The number of aryl methyl sites for hydroxylation is 2. The molecule has 1 aliphatic carbocycles. The van der Waals surface area contributed by atoms with E-state index >= 15 is 0 Å². The third kappa shape index (κ3) is 4.95. The lowest BCUT2D eigenvalue weighted by molar-refractivity contribution is -0.138. The number of rotatable bonds is 9. The van der Waals surface area contributed by atoms with Crippen molar-refractivity contribution in [3.63, 3.8) is 0 Å². The number of aromatic nitrogens is 1. The van der Waals surface area contributed by atoms with Crippen molar-refractivity contribution in [3.05, 3.63) is 101 Å². The van der Waals surface area contributed by atoms with E-state index in [1.165, 1.54) is 5.56 Å². The summed E-state index contributed by atoms with van der Waals surface area (Å²) in [6, 6.07) is 27.2. The first-order valence-corrected chi connectivity index (χ1v) is 12.8. The van der Waals surface area contributed by atoms with E-state index in [0.29, 0.717) is 0 Å². The predicted octanol–water partition coefficient (Wildman–Crippen LogP) is 6.98. The van der Waals surface area contributed by atoms with E-state index in [0.717, 1.165) is 63.6 Å². The van der Waals surface area contributed by atoms with Gasteiger partial charge in [0.1, 0.15) is 0 Å². The molecule has 5 heteroatoms. The van der Waals surface area contributed by atoms with E-state index in [-0.39, 0.29) is 11.8 Å². The van der Waals surface area contributed by atoms with E-state index in [1.54, 1.807) is 0 Å². The molecule has 1 saturated carbocycles. The van der Waals surface area contributed by atoms with Gasteiger partial charge in [0.2, 0.25) is 0 Å². The molecule has 0 radical (unpaired) electrons. The first-order chi connectivity index (χ1) is 16.6. The maximum absolute atomic E-state index is 11.1. The molecule has 5 rings (SSSR count). The van der Waals surface area contributed by atoms with Gasteiger partial charge in [-0.25, -0.2) is 0 Å². The van der Waals surface area contributed by atoms with Crippen molar-refractivity contribution in [2.45, 2.75) is 31.4 Å². The van der Waals surface area contributed by atoms with Gasteiger partial charge < -0.3 is 9.63 Å². The molecular formula is C29H27NO3S. The molecule has 1 N–H and O–H groups in total. The number of carboxylic acids is 1. The van der Waals surface area contributed by atoms with Crippen molar-refractivity contribution >= 4 is 17.7 Å². The second-order valence-corrected chi connectivity index (χ2v) is 9.96. The molecule has 0 aliphatic heterocycles. The van der Waals surface area contributed by atoms with Gasteiger partial charge in [-0.05, 0) is 53.7 Å². The number of aliphatic carboxylic acids is 1. The average molecular weight is 470 g/mol. The summed E-state index contributed by atoms with van der Waals surface area (Å²) in [5.74, 6) is 2.02. The molecule has 2 atom stereocenters. The summed E-state index contributed by atoms with van der Waals surface area (Å²) < 4.78 is 5.71. The first kappa shape index (κ1) is 22.5. The highest BCUT2D eigenvalue weighted by atomic mass is 32.2. The summed E-state index contributed by atoms with van der Waals surface area (Å²) >= 11 is 1.90. The Morgan fingerprint density at radius 3 is 2.26 bits per heavy atom. The maximum atomic E-state index is 11.1. The molecule has 172 valence electrons. The monoisotopic (exact) mass is 469 g/mol. The zero-order valence-corrected chi connectivity index (χ0v) is 19.9. The van der Waals surface area contributed by atoms with Crippen LogP contribution in [0.15, 0.2) is 83.4 Å². The Kier molecular flexibility index (Phi) is 6.54. The molecular weight excluding hydrogens is 442 g/mol. The van der Waals surface area contributed by atoms with Gasteiger partial charge in [-0.3, -0.25) is 4.79 Å². The molecule has 0 amide bonds. The Hall–Kier alpha value is -3.31. The van der Waals surface area contributed by atoms with Crippen molar-refractivity contribution in [3.8, 4) is 22.5 Å². The first-order valence-electron chi connectivity index (χ1n) is 11.6. The zero-order valence-electron chi connectivity index (χ0n) is 19.1. The molecule has 1 heterocycles. The van der Waals surface area contributed by atoms with Crippen molar-refractivity contribution in [1.82, 2.24) is 5.16 Å². The van der Waals surface area contributed by atoms with Crippen LogP contribution in [-0.2, 0) is 17.0 Å². The number of carbonyl (C=O) groups is 1. The Morgan fingerprint density at radius 1 is 0.971 bits per heavy atom. The van der Waals surface area contributed by atoms with Crippen LogP contribution in [-0.4, -0.2) is 22.0 Å². The van der Waals surface area contributed by atoms with Crippen LogP contribution in [0.25, 0.3) is 22.5 Å². The van der Waals surface area contributed by atoms with Crippen molar-refractivity contribution < 1.29 is 14.4 Å². The van der Waals surface area contributed by atoms with E-state index in [2.05, 4.69) is 78.0 Å². The number of hydrogen-bond acceptors (Lipinski definition) is 4. The topological polar surface area (TPSA) is 63.3 Å². The van der Waals surface area contributed by atoms with E-state index in [4.69, 9.17) is 9.63 Å². The van der Waals surface area contributed by atoms with Gasteiger partial charge >= 0.3 is 5.97 Å². The average Bonchev–Trinajstić information content (AvgIpc) is 3.60. The van der Waals surface area contributed by atoms with Gasteiger partial charge in [0.25, 0.3) is 0 Å². The van der Waals surface area contributed by atoms with Crippen LogP contribution in [0.5, 0.6) is 0 Å². The Morgan fingerprint density at radius 2 is 1.62 bits per heavy atom. The molecule has 3 aromatic carbocycles. The molecule has 1 aromatic heterocycles. The van der Waals surface area contributed by atoms with Crippen molar-refractivity contribution in [2.75, 3.05) is 5.75 Å². The van der Waals surface area contributed by atoms with Crippen LogP contribution in [0, 0.1) is 12.8 Å². The zero-order chi connectivity index (χ0) is 23.5. The standard InChI is InChI=1S/C29H27NO3S/c1-19-27(18-34-16-15-20-5-3-2-4-6-20)28(33-30-19)24-13-9-22(10-14-24)21-7-11-23(12-8-21)25-17-26(25)29(31)32/h2-14,25-26H,15-18H2,1H3,(H,31,32). The summed E-state index contributed by atoms with van der Waals surface area (Å²) in [5, 5.41) is 13.4. The minimum Gasteiger partial charge on any atom is -0.481 e. The largest absolute Gasteiger partial charge is 0.481 e. The Labute approximate surface area is 204 Å². The van der Waals surface area contributed by atoms with Crippen LogP contribution in [0.4, 0.5) is 0 Å². The van der Waals surface area contributed by atoms with Gasteiger partial charge in [-0.1, -0.05) is 84.0 Å². The summed E-state index contributed by atoms with van der Waals surface area (Å²) in [6.45, 7) is 2.00. The quantitative estimate of drug-likeness (QED) is 0.268. The molecule has 0 spiro atoms. The highest BCUT2D eigenvalue weighted by Crippen LogP contribution is 2.47. The summed E-state index contributed by atoms with van der Waals surface area (Å²) in [7, 11) is 0. The summed E-state index contributed by atoms with van der Waals surface area (Å²) in [4.78, 5) is 11.1. The van der Waals surface area contributed by atoms with Crippen molar-refractivity contribution in [1.29, 1.82) is 0 Å². The van der Waals surface area contributed by atoms with Crippen LogP contribution < -0.4 is 0 Å². The normalized spacial score (nSPS) is 17.0. The molecule has 1 fully saturated rings. The number of carboxylic acid groups (broad SMARTS) is 1. The van der Waals surface area contributed by atoms with E-state index in [9.17, 15) is 4.79 Å². The second kappa shape index (κ2) is 9.90. The highest BCUT2D eigenvalue weighted by molar-refractivity contribution is 7.98. The molecule has 4 nitrogen and oxygen atoms in total. The van der Waals surface area contributed by atoms with Gasteiger partial charge in [-0.15, -0.1) is 0 Å². The molecule has 1 aliphatic rings. The molecule has 4 aromatic rings. The van der Waals surface area contributed by atoms with E-state index < -0.39 is 5.97 Å². The van der Waals surface area contributed by atoms with Crippen molar-refractivity contribution in [2.24, 2.45) is 5.92 Å². The summed E-state index contributed by atoms with van der Waals surface area (Å²) in [5.41, 5.74) is 7.85. The number of nitrogens with zero attached hydrogens (tertiary/aromatic N) is 1. The fourth-order valence-electron chi connectivity index (χ4n) is 4.37. The van der Waals surface area contributed by atoms with Gasteiger partial charge in [0.05, 0.1) is 11.6 Å². The highest BCUT2D eigenvalue weighted by Gasteiger charge is 2.43. The maximum Gasteiger partial charge on any atom is 0.307 e. The van der Waals surface area contributed by atoms with Gasteiger partial charge in [0.15, 0.2) is 5.76 Å². The molecule has 0 saturated heterocycles. The SMILES string of the molecule is Cc1noc(-c2ccc(-c3ccc(C4CC4C(=O)O)cc3)cc2)c1CSCCc1ccccc1. The minimum absolute atomic E-state index is 0.160. The fourth-order valence-corrected chi connectivity index (χ4v) is 5.44. The molecule has 34 heavy (non-hydrogen) atoms. The summed E-state index contributed by atoms with van der Waals surface area (Å²) in [6.07, 6.45) is 1.79. The lowest BCUT2D eigenvalue weighted by Gasteiger charge is -2.07. The fraction of sp³-hybridized carbons (Fsp3) is 0.241. The third-order valence-corrected chi connectivity index (χ3v) is 7.52.